The van der Waals surface area contributed by atoms with Gasteiger partial charge in [0, 0.05) is 18.4 Å². The van der Waals surface area contributed by atoms with Gasteiger partial charge in [0.1, 0.15) is 11.5 Å². The quantitative estimate of drug-likeness (QED) is 0.852. The van der Waals surface area contributed by atoms with E-state index in [1.165, 1.54) is 0 Å². The Hall–Kier alpha value is -1.35. The van der Waals surface area contributed by atoms with Crippen molar-refractivity contribution in [2.24, 2.45) is 5.73 Å². The van der Waals surface area contributed by atoms with Crippen LogP contribution < -0.4 is 10.5 Å². The first-order valence-corrected chi connectivity index (χ1v) is 6.01. The van der Waals surface area contributed by atoms with Gasteiger partial charge in [0.15, 0.2) is 0 Å². The number of nitrogens with two attached hydrogens (primary N) is 1. The molecule has 1 aliphatic rings. The first-order valence-electron chi connectivity index (χ1n) is 6.01. The van der Waals surface area contributed by atoms with Crippen molar-refractivity contribution in [2.45, 2.75) is 38.1 Å². The minimum atomic E-state index is -0.366. The van der Waals surface area contributed by atoms with Gasteiger partial charge in [-0.2, -0.15) is 0 Å². The molecule has 92 valence electrons. The smallest absolute Gasteiger partial charge is 0.133 e. The maximum absolute atomic E-state index is 11.3. The summed E-state index contributed by atoms with van der Waals surface area (Å²) >= 11 is 0. The standard InChI is InChI=1S/C14H19NO2/c1-10-3-4-11(9-13(10)17-2)14(15)7-5-12(16)6-8-14/h3-4,9H,5-8,15H2,1-2H3. The molecule has 0 bridgehead atoms. The highest BCUT2D eigenvalue weighted by molar-refractivity contribution is 5.79. The maximum atomic E-state index is 11.3. The summed E-state index contributed by atoms with van der Waals surface area (Å²) in [4.78, 5) is 11.3. The van der Waals surface area contributed by atoms with Crippen LogP contribution in [0.1, 0.15) is 36.8 Å². The van der Waals surface area contributed by atoms with E-state index < -0.39 is 0 Å². The number of hydrogen-bond acceptors (Lipinski definition) is 3. The van der Waals surface area contributed by atoms with Gasteiger partial charge < -0.3 is 10.5 Å². The first-order chi connectivity index (χ1) is 8.05. The molecule has 0 aromatic heterocycles. The summed E-state index contributed by atoms with van der Waals surface area (Å²) < 4.78 is 5.32. The average Bonchev–Trinajstić information content (AvgIpc) is 2.34. The molecule has 3 nitrogen and oxygen atoms in total. The first kappa shape index (κ1) is 12.1. The van der Waals surface area contributed by atoms with E-state index in [4.69, 9.17) is 10.5 Å². The second-order valence-electron chi connectivity index (χ2n) is 4.88. The van der Waals surface area contributed by atoms with Crippen LogP contribution in [0.15, 0.2) is 18.2 Å². The highest BCUT2D eigenvalue weighted by Crippen LogP contribution is 2.35. The summed E-state index contributed by atoms with van der Waals surface area (Å²) in [5, 5.41) is 0. The molecule has 3 heteroatoms. The van der Waals surface area contributed by atoms with Gasteiger partial charge in [0.05, 0.1) is 7.11 Å². The normalized spacial score (nSPS) is 19.1. The van der Waals surface area contributed by atoms with Crippen molar-refractivity contribution >= 4 is 5.78 Å². The van der Waals surface area contributed by atoms with Gasteiger partial charge in [-0.1, -0.05) is 12.1 Å². The lowest BCUT2D eigenvalue weighted by atomic mass is 9.77. The number of hydrogen-bond donors (Lipinski definition) is 1. The van der Waals surface area contributed by atoms with E-state index >= 15 is 0 Å². The predicted octanol–water partition coefficient (Wildman–Crippen LogP) is 2.30. The van der Waals surface area contributed by atoms with Crippen LogP contribution in [0, 0.1) is 6.92 Å². The summed E-state index contributed by atoms with van der Waals surface area (Å²) in [6, 6.07) is 6.08. The lowest BCUT2D eigenvalue weighted by molar-refractivity contribution is -0.121. The lowest BCUT2D eigenvalue weighted by Crippen LogP contribution is -2.40. The Labute approximate surface area is 102 Å². The summed E-state index contributed by atoms with van der Waals surface area (Å²) in [6.07, 6.45) is 2.65. The molecule has 0 aliphatic heterocycles. The predicted molar refractivity (Wildman–Crippen MR) is 67.1 cm³/mol. The Morgan fingerprint density at radius 3 is 2.53 bits per heavy atom. The molecule has 0 radical (unpaired) electrons. The Bertz CT molecular complexity index is 430. The number of carbonyl (C=O) groups is 1. The van der Waals surface area contributed by atoms with Gasteiger partial charge in [0.25, 0.3) is 0 Å². The van der Waals surface area contributed by atoms with Crippen LogP contribution in [0.3, 0.4) is 0 Å². The molecule has 0 saturated heterocycles. The third-order valence-corrected chi connectivity index (χ3v) is 3.68. The van der Waals surface area contributed by atoms with Crippen molar-refractivity contribution < 1.29 is 9.53 Å². The molecule has 17 heavy (non-hydrogen) atoms. The van der Waals surface area contributed by atoms with Gasteiger partial charge in [-0.3, -0.25) is 4.79 Å². The zero-order chi connectivity index (χ0) is 12.5. The summed E-state index contributed by atoms with van der Waals surface area (Å²) in [5.74, 6) is 1.19. The molecule has 0 amide bonds. The van der Waals surface area contributed by atoms with Crippen LogP contribution in [0.4, 0.5) is 0 Å². The number of aryl methyl sites for hydroxylation is 1. The van der Waals surface area contributed by atoms with Crippen molar-refractivity contribution in [2.75, 3.05) is 7.11 Å². The van der Waals surface area contributed by atoms with Gasteiger partial charge in [-0.05, 0) is 37.0 Å². The molecule has 2 N–H and O–H groups in total. The highest BCUT2D eigenvalue weighted by atomic mass is 16.5. The largest absolute Gasteiger partial charge is 0.496 e. The molecular formula is C14H19NO2. The molecule has 0 heterocycles. The molecule has 0 unspecified atom stereocenters. The topological polar surface area (TPSA) is 52.3 Å². The zero-order valence-corrected chi connectivity index (χ0v) is 10.5. The number of ketones is 1. The molecule has 1 saturated carbocycles. The van der Waals surface area contributed by atoms with E-state index in [0.29, 0.717) is 18.6 Å². The summed E-state index contributed by atoms with van der Waals surface area (Å²) in [6.45, 7) is 2.01. The summed E-state index contributed by atoms with van der Waals surface area (Å²) in [7, 11) is 1.67. The van der Waals surface area contributed by atoms with Crippen LogP contribution in [0.25, 0.3) is 0 Å². The second kappa shape index (κ2) is 4.49. The highest BCUT2D eigenvalue weighted by Gasteiger charge is 2.32. The Kier molecular flexibility index (Phi) is 3.20. The van der Waals surface area contributed by atoms with E-state index in [1.807, 2.05) is 25.1 Å². The molecule has 1 aromatic carbocycles. The van der Waals surface area contributed by atoms with E-state index in [0.717, 1.165) is 29.7 Å². The molecule has 1 fully saturated rings. The number of carbonyl (C=O) groups excluding carboxylic acids is 1. The average molecular weight is 233 g/mol. The Balaban J connectivity index is 2.30. The van der Waals surface area contributed by atoms with E-state index in [9.17, 15) is 4.79 Å². The minimum Gasteiger partial charge on any atom is -0.496 e. The SMILES string of the molecule is COc1cc(C2(N)CCC(=O)CC2)ccc1C. The minimum absolute atomic E-state index is 0.324. The van der Waals surface area contributed by atoms with E-state index in [-0.39, 0.29) is 5.54 Å². The zero-order valence-electron chi connectivity index (χ0n) is 10.5. The maximum Gasteiger partial charge on any atom is 0.133 e. The number of Topliss-reactive ketones (excluding diaryl/α,β-unsaturated/α-hetero) is 1. The van der Waals surface area contributed by atoms with Gasteiger partial charge in [0.2, 0.25) is 0 Å². The number of methoxy groups -OCH3 is 1. The van der Waals surface area contributed by atoms with Gasteiger partial charge >= 0.3 is 0 Å². The van der Waals surface area contributed by atoms with Crippen LogP contribution in [0.5, 0.6) is 5.75 Å². The third-order valence-electron chi connectivity index (χ3n) is 3.68. The lowest BCUT2D eigenvalue weighted by Gasteiger charge is -2.33. The fourth-order valence-electron chi connectivity index (χ4n) is 2.39. The Morgan fingerprint density at radius 2 is 1.94 bits per heavy atom. The van der Waals surface area contributed by atoms with Crippen molar-refractivity contribution in [3.05, 3.63) is 29.3 Å². The monoisotopic (exact) mass is 233 g/mol. The van der Waals surface area contributed by atoms with Crippen LogP contribution >= 0.6 is 0 Å². The fourth-order valence-corrected chi connectivity index (χ4v) is 2.39. The Morgan fingerprint density at radius 1 is 1.29 bits per heavy atom. The van der Waals surface area contributed by atoms with Gasteiger partial charge in [-0.15, -0.1) is 0 Å². The van der Waals surface area contributed by atoms with Crippen molar-refractivity contribution in [1.29, 1.82) is 0 Å². The molecule has 0 atom stereocenters. The number of benzene rings is 1. The molecule has 1 aliphatic carbocycles. The second-order valence-corrected chi connectivity index (χ2v) is 4.88. The van der Waals surface area contributed by atoms with Crippen molar-refractivity contribution in [1.82, 2.24) is 0 Å². The molecule has 1 aromatic rings. The summed E-state index contributed by atoms with van der Waals surface area (Å²) in [5.41, 5.74) is 8.22. The molecule has 0 spiro atoms. The van der Waals surface area contributed by atoms with Crippen molar-refractivity contribution in [3.8, 4) is 5.75 Å². The van der Waals surface area contributed by atoms with Crippen molar-refractivity contribution in [3.63, 3.8) is 0 Å². The molecule has 2 rings (SSSR count). The third kappa shape index (κ3) is 2.34. The fraction of sp³-hybridized carbons (Fsp3) is 0.500. The van der Waals surface area contributed by atoms with Crippen LogP contribution in [-0.2, 0) is 10.3 Å². The van der Waals surface area contributed by atoms with Crippen LogP contribution in [-0.4, -0.2) is 12.9 Å². The molecular weight excluding hydrogens is 214 g/mol. The van der Waals surface area contributed by atoms with E-state index in [2.05, 4.69) is 0 Å². The number of ether oxygens (including phenoxy) is 1. The number of rotatable bonds is 2. The van der Waals surface area contributed by atoms with Gasteiger partial charge in [-0.25, -0.2) is 0 Å². The van der Waals surface area contributed by atoms with Crippen LogP contribution in [0.2, 0.25) is 0 Å². The van der Waals surface area contributed by atoms with E-state index in [1.54, 1.807) is 7.11 Å².